The average Bonchev–Trinajstić information content (AvgIpc) is 2.83. The van der Waals surface area contributed by atoms with E-state index in [-0.39, 0.29) is 12.1 Å². The molecule has 2 N–H and O–H groups in total. The number of carbonyl (C=O) groups excluding carboxylic acids is 1. The number of carboxylic acid groups (broad SMARTS) is 1. The molecule has 5 heteroatoms. The van der Waals surface area contributed by atoms with Crippen molar-refractivity contribution < 1.29 is 14.7 Å². The summed E-state index contributed by atoms with van der Waals surface area (Å²) in [6.07, 6.45) is 6.87. The molecule has 1 saturated heterocycles. The fourth-order valence-electron chi connectivity index (χ4n) is 3.73. The molecule has 0 aromatic carbocycles. The Kier molecular flexibility index (Phi) is 5.12. The Morgan fingerprint density at radius 3 is 2.52 bits per heavy atom. The van der Waals surface area contributed by atoms with Crippen molar-refractivity contribution in [2.75, 3.05) is 13.1 Å². The van der Waals surface area contributed by atoms with Crippen LogP contribution in [0.25, 0.3) is 0 Å². The third-order valence-corrected chi connectivity index (χ3v) is 5.34. The Hall–Kier alpha value is -1.26. The molecule has 1 saturated carbocycles. The minimum atomic E-state index is -0.809. The molecule has 0 radical (unpaired) electrons. The summed E-state index contributed by atoms with van der Waals surface area (Å²) in [5.41, 5.74) is -0.809. The number of urea groups is 1. The van der Waals surface area contributed by atoms with Gasteiger partial charge >= 0.3 is 12.0 Å². The number of piperidine rings is 1. The Balaban J connectivity index is 1.86. The third-order valence-electron chi connectivity index (χ3n) is 5.34. The Bertz CT molecular complexity index is 391. The molecule has 0 bridgehead atoms. The topological polar surface area (TPSA) is 69.6 Å². The molecule has 2 rings (SSSR count). The number of nitrogens with one attached hydrogen (secondary N) is 1. The number of hydrogen-bond acceptors (Lipinski definition) is 2. The van der Waals surface area contributed by atoms with E-state index in [9.17, 15) is 14.7 Å². The standard InChI is InChI=1S/C16H28N2O3/c1-3-5-12-7-10-18(11-8-12)15(21)17-13-6-4-9-16(13,2)14(19)20/h12-13H,3-11H2,1-2H3,(H,17,21)(H,19,20). The lowest BCUT2D eigenvalue weighted by molar-refractivity contribution is -0.148. The number of amides is 2. The van der Waals surface area contributed by atoms with E-state index in [1.807, 2.05) is 4.90 Å². The van der Waals surface area contributed by atoms with Crippen molar-refractivity contribution in [3.05, 3.63) is 0 Å². The van der Waals surface area contributed by atoms with E-state index in [2.05, 4.69) is 12.2 Å². The van der Waals surface area contributed by atoms with Gasteiger partial charge in [0.1, 0.15) is 0 Å². The fourth-order valence-corrected chi connectivity index (χ4v) is 3.73. The molecular weight excluding hydrogens is 268 g/mol. The fraction of sp³-hybridized carbons (Fsp3) is 0.875. The normalized spacial score (nSPS) is 30.4. The van der Waals surface area contributed by atoms with E-state index in [4.69, 9.17) is 0 Å². The first-order valence-corrected chi connectivity index (χ1v) is 8.26. The minimum absolute atomic E-state index is 0.0793. The summed E-state index contributed by atoms with van der Waals surface area (Å²) in [5.74, 6) is -0.0539. The van der Waals surface area contributed by atoms with Gasteiger partial charge in [0, 0.05) is 19.1 Å². The SMILES string of the molecule is CCCC1CCN(C(=O)NC2CCCC2(C)C(=O)O)CC1. The van der Waals surface area contributed by atoms with E-state index in [0.717, 1.165) is 44.7 Å². The number of aliphatic carboxylic acids is 1. The highest BCUT2D eigenvalue weighted by Crippen LogP contribution is 2.38. The van der Waals surface area contributed by atoms with Crippen molar-refractivity contribution in [3.8, 4) is 0 Å². The summed E-state index contributed by atoms with van der Waals surface area (Å²) in [7, 11) is 0. The smallest absolute Gasteiger partial charge is 0.317 e. The van der Waals surface area contributed by atoms with Crippen molar-refractivity contribution in [1.82, 2.24) is 10.2 Å². The highest BCUT2D eigenvalue weighted by Gasteiger charge is 2.46. The number of nitrogens with zero attached hydrogens (tertiary/aromatic N) is 1. The molecule has 2 amide bonds. The summed E-state index contributed by atoms with van der Waals surface area (Å²) in [4.78, 5) is 25.6. The molecule has 120 valence electrons. The Morgan fingerprint density at radius 2 is 1.95 bits per heavy atom. The molecular formula is C16H28N2O3. The highest BCUT2D eigenvalue weighted by atomic mass is 16.4. The van der Waals surface area contributed by atoms with Crippen LogP contribution in [-0.2, 0) is 4.79 Å². The molecule has 0 aromatic rings. The first-order chi connectivity index (χ1) is 9.97. The molecule has 0 spiro atoms. The first kappa shape index (κ1) is 16.1. The lowest BCUT2D eigenvalue weighted by Gasteiger charge is -2.35. The molecule has 1 heterocycles. The largest absolute Gasteiger partial charge is 0.481 e. The van der Waals surface area contributed by atoms with E-state index in [0.29, 0.717) is 6.42 Å². The van der Waals surface area contributed by atoms with Gasteiger partial charge in [-0.3, -0.25) is 4.79 Å². The predicted octanol–water partition coefficient (Wildman–Crippen LogP) is 2.85. The molecule has 5 nitrogen and oxygen atoms in total. The van der Waals surface area contributed by atoms with Crippen LogP contribution in [0.2, 0.25) is 0 Å². The zero-order chi connectivity index (χ0) is 15.5. The van der Waals surface area contributed by atoms with Gasteiger partial charge in [-0.15, -0.1) is 0 Å². The molecule has 1 aliphatic carbocycles. The second-order valence-electron chi connectivity index (χ2n) is 6.84. The lowest BCUT2D eigenvalue weighted by atomic mass is 9.85. The van der Waals surface area contributed by atoms with E-state index in [1.165, 1.54) is 12.8 Å². The zero-order valence-corrected chi connectivity index (χ0v) is 13.2. The Labute approximate surface area is 127 Å². The van der Waals surface area contributed by atoms with Crippen LogP contribution in [0.4, 0.5) is 4.79 Å². The van der Waals surface area contributed by atoms with Crippen LogP contribution in [0.15, 0.2) is 0 Å². The maximum absolute atomic E-state index is 12.4. The maximum Gasteiger partial charge on any atom is 0.317 e. The quantitative estimate of drug-likeness (QED) is 0.838. The van der Waals surface area contributed by atoms with Crippen LogP contribution in [0.3, 0.4) is 0 Å². The predicted molar refractivity (Wildman–Crippen MR) is 81.1 cm³/mol. The summed E-state index contributed by atoms with van der Waals surface area (Å²) in [6, 6.07) is -0.319. The number of rotatable bonds is 4. The van der Waals surface area contributed by atoms with Crippen LogP contribution in [-0.4, -0.2) is 41.1 Å². The zero-order valence-electron chi connectivity index (χ0n) is 13.2. The van der Waals surface area contributed by atoms with Gasteiger partial charge in [0.2, 0.25) is 0 Å². The molecule has 2 fully saturated rings. The molecule has 2 atom stereocenters. The van der Waals surface area contributed by atoms with Crippen molar-refractivity contribution in [2.45, 2.75) is 64.8 Å². The van der Waals surface area contributed by atoms with Gasteiger partial charge in [0.15, 0.2) is 0 Å². The second-order valence-corrected chi connectivity index (χ2v) is 6.84. The molecule has 2 aliphatic rings. The van der Waals surface area contributed by atoms with Crippen LogP contribution in [0.5, 0.6) is 0 Å². The van der Waals surface area contributed by atoms with E-state index in [1.54, 1.807) is 6.92 Å². The summed E-state index contributed by atoms with van der Waals surface area (Å²) >= 11 is 0. The number of carbonyl (C=O) groups is 2. The summed E-state index contributed by atoms with van der Waals surface area (Å²) < 4.78 is 0. The molecule has 21 heavy (non-hydrogen) atoms. The minimum Gasteiger partial charge on any atom is -0.481 e. The van der Waals surface area contributed by atoms with Crippen molar-refractivity contribution in [3.63, 3.8) is 0 Å². The van der Waals surface area contributed by atoms with Crippen LogP contribution in [0, 0.1) is 11.3 Å². The first-order valence-electron chi connectivity index (χ1n) is 8.26. The Morgan fingerprint density at radius 1 is 1.29 bits per heavy atom. The van der Waals surface area contributed by atoms with Gasteiger partial charge in [-0.2, -0.15) is 0 Å². The molecule has 2 unspecified atom stereocenters. The number of hydrogen-bond donors (Lipinski definition) is 2. The van der Waals surface area contributed by atoms with E-state index >= 15 is 0 Å². The summed E-state index contributed by atoms with van der Waals surface area (Å²) in [6.45, 7) is 5.55. The monoisotopic (exact) mass is 296 g/mol. The number of likely N-dealkylation sites (tertiary alicyclic amines) is 1. The van der Waals surface area contributed by atoms with Gasteiger partial charge in [-0.25, -0.2) is 4.79 Å². The van der Waals surface area contributed by atoms with Gasteiger partial charge in [-0.1, -0.05) is 26.2 Å². The van der Waals surface area contributed by atoms with Crippen LogP contribution >= 0.6 is 0 Å². The highest BCUT2D eigenvalue weighted by molar-refractivity contribution is 5.79. The van der Waals surface area contributed by atoms with Gasteiger partial charge in [0.05, 0.1) is 5.41 Å². The van der Waals surface area contributed by atoms with Crippen LogP contribution in [0.1, 0.15) is 58.8 Å². The number of carboxylic acids is 1. The van der Waals surface area contributed by atoms with Crippen molar-refractivity contribution in [2.24, 2.45) is 11.3 Å². The second kappa shape index (κ2) is 6.67. The third kappa shape index (κ3) is 3.50. The molecule has 0 aromatic heterocycles. The summed E-state index contributed by atoms with van der Waals surface area (Å²) in [5, 5.41) is 12.4. The maximum atomic E-state index is 12.4. The van der Waals surface area contributed by atoms with E-state index < -0.39 is 11.4 Å². The average molecular weight is 296 g/mol. The van der Waals surface area contributed by atoms with Crippen molar-refractivity contribution in [1.29, 1.82) is 0 Å². The van der Waals surface area contributed by atoms with Gasteiger partial charge in [-0.05, 0) is 38.5 Å². The van der Waals surface area contributed by atoms with Gasteiger partial charge in [0.25, 0.3) is 0 Å². The lowest BCUT2D eigenvalue weighted by Crippen LogP contribution is -2.52. The van der Waals surface area contributed by atoms with Crippen molar-refractivity contribution >= 4 is 12.0 Å². The van der Waals surface area contributed by atoms with Gasteiger partial charge < -0.3 is 15.3 Å². The molecule has 1 aliphatic heterocycles. The van der Waals surface area contributed by atoms with Crippen LogP contribution < -0.4 is 5.32 Å².